The summed E-state index contributed by atoms with van der Waals surface area (Å²) in [5, 5.41) is 0. The van der Waals surface area contributed by atoms with E-state index in [9.17, 15) is 0 Å². The summed E-state index contributed by atoms with van der Waals surface area (Å²) in [6.07, 6.45) is 2.34. The van der Waals surface area contributed by atoms with Gasteiger partial charge >= 0.3 is 0 Å². The highest BCUT2D eigenvalue weighted by Crippen LogP contribution is 2.00. The van der Waals surface area contributed by atoms with Crippen molar-refractivity contribution in [1.29, 1.82) is 0 Å². The van der Waals surface area contributed by atoms with Crippen molar-refractivity contribution >= 4 is 0 Å². The molecule has 0 aliphatic carbocycles. The molecule has 0 unspecified atom stereocenters. The molecule has 0 aliphatic heterocycles. The van der Waals surface area contributed by atoms with E-state index in [1.807, 2.05) is 24.3 Å². The highest BCUT2D eigenvalue weighted by atomic mass is 16.5. The molecular weight excluding hydrogens is 148 g/mol. The number of ether oxygens (including phenoxy) is 1. The van der Waals surface area contributed by atoms with E-state index in [0.29, 0.717) is 6.61 Å². The molecule has 65 valence electrons. The Kier molecular flexibility index (Phi) is 4.47. The van der Waals surface area contributed by atoms with E-state index in [0.717, 1.165) is 18.6 Å². The average molecular weight is 163 g/mol. The third-order valence-electron chi connectivity index (χ3n) is 1.67. The van der Waals surface area contributed by atoms with Crippen LogP contribution in [0.2, 0.25) is 0 Å². The van der Waals surface area contributed by atoms with Gasteiger partial charge in [0.05, 0.1) is 6.61 Å². The quantitative estimate of drug-likeness (QED) is 0.606. The molecule has 0 N–H and O–H groups in total. The molecule has 0 fully saturated rings. The van der Waals surface area contributed by atoms with Gasteiger partial charge in [-0.15, -0.1) is 0 Å². The Morgan fingerprint density at radius 2 is 2.33 bits per heavy atom. The van der Waals surface area contributed by atoms with Crippen LogP contribution in [0.1, 0.15) is 25.3 Å². The maximum Gasteiger partial charge on any atom is 0.0722 e. The smallest absolute Gasteiger partial charge is 0.0722 e. The average Bonchev–Trinajstić information content (AvgIpc) is 2.14. The summed E-state index contributed by atoms with van der Waals surface area (Å²) in [4.78, 5) is 0. The Hall–Kier alpha value is -0.820. The molecule has 0 spiro atoms. The number of benzene rings is 1. The molecule has 0 saturated heterocycles. The largest absolute Gasteiger partial charge is 0.377 e. The van der Waals surface area contributed by atoms with Gasteiger partial charge in [0.25, 0.3) is 0 Å². The van der Waals surface area contributed by atoms with Crippen LogP contribution in [0.5, 0.6) is 0 Å². The molecule has 0 atom stereocenters. The minimum atomic E-state index is 0.695. The summed E-state index contributed by atoms with van der Waals surface area (Å²) < 4.78 is 5.43. The van der Waals surface area contributed by atoms with E-state index < -0.39 is 0 Å². The fraction of sp³-hybridized carbons (Fsp3) is 0.455. The van der Waals surface area contributed by atoms with Crippen LogP contribution >= 0.6 is 0 Å². The molecule has 1 rings (SSSR count). The highest BCUT2D eigenvalue weighted by Gasteiger charge is 1.90. The minimum absolute atomic E-state index is 0.695. The van der Waals surface area contributed by atoms with Crippen LogP contribution in [0.15, 0.2) is 24.3 Å². The van der Waals surface area contributed by atoms with Crippen molar-refractivity contribution in [3.8, 4) is 0 Å². The first-order valence-electron chi connectivity index (χ1n) is 4.47. The zero-order chi connectivity index (χ0) is 8.65. The van der Waals surface area contributed by atoms with Gasteiger partial charge in [-0.2, -0.15) is 0 Å². The second kappa shape index (κ2) is 5.78. The summed E-state index contributed by atoms with van der Waals surface area (Å²) in [6.45, 7) is 3.72. The van der Waals surface area contributed by atoms with E-state index in [4.69, 9.17) is 4.74 Å². The molecule has 1 aromatic carbocycles. The monoisotopic (exact) mass is 163 g/mol. The molecule has 1 radical (unpaired) electrons. The maximum atomic E-state index is 5.43. The summed E-state index contributed by atoms with van der Waals surface area (Å²) in [6, 6.07) is 11.0. The topological polar surface area (TPSA) is 9.23 Å². The van der Waals surface area contributed by atoms with Gasteiger partial charge in [-0.25, -0.2) is 0 Å². The fourth-order valence-corrected chi connectivity index (χ4v) is 0.949. The van der Waals surface area contributed by atoms with Crippen molar-refractivity contribution in [2.45, 2.75) is 26.4 Å². The van der Waals surface area contributed by atoms with Gasteiger partial charge in [0.2, 0.25) is 0 Å². The molecule has 0 amide bonds. The fourth-order valence-electron chi connectivity index (χ4n) is 0.949. The molecule has 0 aliphatic rings. The van der Waals surface area contributed by atoms with Crippen LogP contribution < -0.4 is 0 Å². The lowest BCUT2D eigenvalue weighted by molar-refractivity contribution is 0.118. The summed E-state index contributed by atoms with van der Waals surface area (Å²) >= 11 is 0. The van der Waals surface area contributed by atoms with Gasteiger partial charge in [-0.1, -0.05) is 37.6 Å². The van der Waals surface area contributed by atoms with Crippen molar-refractivity contribution in [3.63, 3.8) is 0 Å². The van der Waals surface area contributed by atoms with Crippen LogP contribution in [0.25, 0.3) is 0 Å². The molecule has 0 bridgehead atoms. The first-order valence-corrected chi connectivity index (χ1v) is 4.47. The lowest BCUT2D eigenvalue weighted by Crippen LogP contribution is -1.94. The summed E-state index contributed by atoms with van der Waals surface area (Å²) in [5.74, 6) is 0. The lowest BCUT2D eigenvalue weighted by Gasteiger charge is -2.01. The second-order valence-electron chi connectivity index (χ2n) is 2.79. The van der Waals surface area contributed by atoms with Gasteiger partial charge in [-0.3, -0.25) is 0 Å². The Morgan fingerprint density at radius 1 is 1.42 bits per heavy atom. The van der Waals surface area contributed by atoms with E-state index in [-0.39, 0.29) is 0 Å². The van der Waals surface area contributed by atoms with Crippen LogP contribution in [0, 0.1) is 6.07 Å². The molecule has 1 aromatic rings. The maximum absolute atomic E-state index is 5.43. The first-order chi connectivity index (χ1) is 5.93. The van der Waals surface area contributed by atoms with Gasteiger partial charge in [-0.05, 0) is 18.1 Å². The van der Waals surface area contributed by atoms with Gasteiger partial charge < -0.3 is 4.74 Å². The second-order valence-corrected chi connectivity index (χ2v) is 2.79. The van der Waals surface area contributed by atoms with E-state index >= 15 is 0 Å². The standard InChI is InChI=1S/C11H15O/c1-2-3-9-12-10-11-7-5-4-6-8-11/h4-7H,2-3,9-10H2,1H3. The van der Waals surface area contributed by atoms with E-state index in [1.165, 1.54) is 6.42 Å². The Labute approximate surface area is 74.4 Å². The molecular formula is C11H15O. The summed E-state index contributed by atoms with van der Waals surface area (Å²) in [7, 11) is 0. The Bertz CT molecular complexity index is 193. The van der Waals surface area contributed by atoms with Crippen molar-refractivity contribution in [2.24, 2.45) is 0 Å². The third-order valence-corrected chi connectivity index (χ3v) is 1.67. The van der Waals surface area contributed by atoms with Gasteiger partial charge in [0, 0.05) is 6.61 Å². The SMILES string of the molecule is CCCCOCc1[c]cccc1. The zero-order valence-corrected chi connectivity index (χ0v) is 7.55. The molecule has 1 heteroatoms. The highest BCUT2D eigenvalue weighted by molar-refractivity contribution is 5.11. The molecule has 0 heterocycles. The normalized spacial score (nSPS) is 10.1. The lowest BCUT2D eigenvalue weighted by atomic mass is 10.2. The number of hydrogen-bond donors (Lipinski definition) is 0. The molecule has 0 aromatic heterocycles. The molecule has 12 heavy (non-hydrogen) atoms. The first kappa shape index (κ1) is 9.27. The van der Waals surface area contributed by atoms with Crippen LogP contribution in [0.4, 0.5) is 0 Å². The third kappa shape index (κ3) is 3.54. The molecule has 1 nitrogen and oxygen atoms in total. The Balaban J connectivity index is 2.16. The van der Waals surface area contributed by atoms with Crippen molar-refractivity contribution in [2.75, 3.05) is 6.61 Å². The summed E-state index contributed by atoms with van der Waals surface area (Å²) in [5.41, 5.74) is 1.13. The number of rotatable bonds is 5. The Morgan fingerprint density at radius 3 is 3.00 bits per heavy atom. The van der Waals surface area contributed by atoms with E-state index in [1.54, 1.807) is 0 Å². The minimum Gasteiger partial charge on any atom is -0.377 e. The number of unbranched alkanes of at least 4 members (excludes halogenated alkanes) is 1. The predicted molar refractivity (Wildman–Crippen MR) is 49.8 cm³/mol. The van der Waals surface area contributed by atoms with Crippen LogP contribution in [0.3, 0.4) is 0 Å². The predicted octanol–water partition coefficient (Wildman–Crippen LogP) is 2.80. The van der Waals surface area contributed by atoms with Crippen LogP contribution in [-0.4, -0.2) is 6.61 Å². The van der Waals surface area contributed by atoms with E-state index in [2.05, 4.69) is 13.0 Å². The molecule has 0 saturated carbocycles. The van der Waals surface area contributed by atoms with Gasteiger partial charge in [0.15, 0.2) is 0 Å². The van der Waals surface area contributed by atoms with Crippen LogP contribution in [-0.2, 0) is 11.3 Å². The zero-order valence-electron chi connectivity index (χ0n) is 7.55. The van der Waals surface area contributed by atoms with Crippen molar-refractivity contribution in [1.82, 2.24) is 0 Å². The van der Waals surface area contributed by atoms with Crippen molar-refractivity contribution < 1.29 is 4.74 Å². The number of hydrogen-bond acceptors (Lipinski definition) is 1. The van der Waals surface area contributed by atoms with Crippen molar-refractivity contribution in [3.05, 3.63) is 35.9 Å². The van der Waals surface area contributed by atoms with Gasteiger partial charge in [0.1, 0.15) is 0 Å².